The molecular weight excluding hydrogens is 330 g/mol. The molecule has 0 heterocycles. The lowest BCUT2D eigenvalue weighted by Gasteiger charge is -2.27. The van der Waals surface area contributed by atoms with Crippen molar-refractivity contribution in [2.45, 2.75) is 57.0 Å². The summed E-state index contributed by atoms with van der Waals surface area (Å²) in [6, 6.07) is 3.16. The molecule has 24 heavy (non-hydrogen) atoms. The van der Waals surface area contributed by atoms with E-state index in [0.29, 0.717) is 17.9 Å². The van der Waals surface area contributed by atoms with E-state index in [2.05, 4.69) is 0 Å². The molecule has 1 aromatic carbocycles. The van der Waals surface area contributed by atoms with Gasteiger partial charge in [-0.2, -0.15) is 13.2 Å². The molecule has 0 atom stereocenters. The summed E-state index contributed by atoms with van der Waals surface area (Å²) in [7, 11) is 0. The van der Waals surface area contributed by atoms with Gasteiger partial charge in [0.2, 0.25) is 6.43 Å². The van der Waals surface area contributed by atoms with Gasteiger partial charge in [-0.3, -0.25) is 0 Å². The van der Waals surface area contributed by atoms with Crippen molar-refractivity contribution in [1.82, 2.24) is 0 Å². The quantitative estimate of drug-likeness (QED) is 0.408. The Labute approximate surface area is 137 Å². The average molecular weight is 350 g/mol. The molecule has 0 nitrogen and oxygen atoms in total. The summed E-state index contributed by atoms with van der Waals surface area (Å²) >= 11 is 0. The van der Waals surface area contributed by atoms with Gasteiger partial charge in [-0.25, -0.2) is 13.2 Å². The Morgan fingerprint density at radius 2 is 1.75 bits per heavy atom. The Hall–Kier alpha value is -1.46. The first-order valence-electron chi connectivity index (χ1n) is 8.09. The van der Waals surface area contributed by atoms with Gasteiger partial charge < -0.3 is 0 Å². The van der Waals surface area contributed by atoms with E-state index in [1.54, 1.807) is 6.08 Å². The van der Waals surface area contributed by atoms with Crippen LogP contribution >= 0.6 is 0 Å². The van der Waals surface area contributed by atoms with Gasteiger partial charge in [-0.15, -0.1) is 0 Å². The minimum Gasteiger partial charge on any atom is -0.211 e. The summed E-state index contributed by atoms with van der Waals surface area (Å²) in [5.74, 6) is -0.875. The summed E-state index contributed by atoms with van der Waals surface area (Å²) in [5, 5.41) is 0. The Bertz CT molecular complexity index is 553. The van der Waals surface area contributed by atoms with Crippen LogP contribution in [0, 0.1) is 11.7 Å². The molecule has 0 aliphatic heterocycles. The lowest BCUT2D eigenvalue weighted by Crippen LogP contribution is -2.13. The second-order valence-corrected chi connectivity index (χ2v) is 6.25. The number of benzene rings is 1. The fraction of sp³-hybridized carbons (Fsp3) is 0.556. The second-order valence-electron chi connectivity index (χ2n) is 6.25. The number of hydrogen-bond donors (Lipinski definition) is 0. The first-order valence-corrected chi connectivity index (χ1v) is 8.09. The highest BCUT2D eigenvalue weighted by molar-refractivity contribution is 5.29. The number of halogens is 6. The second kappa shape index (κ2) is 8.08. The SMILES string of the molecule is Fc1cc(C2CCC(C=CCCC(F)F)CC2)ccc1C(F)(F)F. The Kier molecular flexibility index (Phi) is 6.35. The van der Waals surface area contributed by atoms with Crippen molar-refractivity contribution >= 4 is 0 Å². The van der Waals surface area contributed by atoms with Crippen molar-refractivity contribution in [3.8, 4) is 0 Å². The van der Waals surface area contributed by atoms with E-state index in [0.717, 1.165) is 37.8 Å². The highest BCUT2D eigenvalue weighted by Crippen LogP contribution is 2.38. The largest absolute Gasteiger partial charge is 0.419 e. The van der Waals surface area contributed by atoms with Crippen molar-refractivity contribution in [2.24, 2.45) is 5.92 Å². The van der Waals surface area contributed by atoms with Crippen LogP contribution in [-0.4, -0.2) is 6.43 Å². The van der Waals surface area contributed by atoms with E-state index >= 15 is 0 Å². The zero-order valence-electron chi connectivity index (χ0n) is 13.1. The number of alkyl halides is 5. The standard InChI is InChI=1S/C18H20F6/c19-16-11-14(9-10-15(16)18(22,23)24)13-7-5-12(6-8-13)3-1-2-4-17(20)21/h1,3,9-13,17H,2,4-8H2. The van der Waals surface area contributed by atoms with Gasteiger partial charge in [-0.05, 0) is 61.6 Å². The van der Waals surface area contributed by atoms with Crippen LogP contribution in [0.3, 0.4) is 0 Å². The highest BCUT2D eigenvalue weighted by atomic mass is 19.4. The third-order valence-corrected chi connectivity index (χ3v) is 4.50. The minimum absolute atomic E-state index is 0.0486. The van der Waals surface area contributed by atoms with Gasteiger partial charge in [-0.1, -0.05) is 18.2 Å². The fourth-order valence-electron chi connectivity index (χ4n) is 3.17. The summed E-state index contributed by atoms with van der Waals surface area (Å²) in [6.07, 6.45) is 0.142. The van der Waals surface area contributed by atoms with Gasteiger partial charge >= 0.3 is 6.18 Å². The first kappa shape index (κ1) is 18.9. The van der Waals surface area contributed by atoms with Gasteiger partial charge in [0.25, 0.3) is 0 Å². The third-order valence-electron chi connectivity index (χ3n) is 4.50. The maximum absolute atomic E-state index is 13.7. The van der Waals surface area contributed by atoms with Gasteiger partial charge in [0.05, 0.1) is 5.56 Å². The molecule has 0 saturated heterocycles. The maximum Gasteiger partial charge on any atom is 0.419 e. The molecular formula is C18H20F6. The summed E-state index contributed by atoms with van der Waals surface area (Å²) in [4.78, 5) is 0. The fourth-order valence-corrected chi connectivity index (χ4v) is 3.17. The van der Waals surface area contributed by atoms with Crippen molar-refractivity contribution in [3.63, 3.8) is 0 Å². The van der Waals surface area contributed by atoms with Gasteiger partial charge in [0.15, 0.2) is 0 Å². The third kappa shape index (κ3) is 5.28. The van der Waals surface area contributed by atoms with Crippen molar-refractivity contribution in [3.05, 3.63) is 47.3 Å². The van der Waals surface area contributed by atoms with E-state index in [9.17, 15) is 26.3 Å². The van der Waals surface area contributed by atoms with Crippen LogP contribution in [0.15, 0.2) is 30.4 Å². The van der Waals surface area contributed by atoms with Gasteiger partial charge in [0.1, 0.15) is 5.82 Å². The van der Waals surface area contributed by atoms with E-state index in [1.165, 1.54) is 6.07 Å². The maximum atomic E-state index is 13.7. The van der Waals surface area contributed by atoms with E-state index < -0.39 is 24.0 Å². The first-order chi connectivity index (χ1) is 11.3. The van der Waals surface area contributed by atoms with E-state index in [-0.39, 0.29) is 12.3 Å². The van der Waals surface area contributed by atoms with E-state index in [1.807, 2.05) is 6.08 Å². The molecule has 1 aliphatic rings. The molecule has 0 aromatic heterocycles. The topological polar surface area (TPSA) is 0 Å². The molecule has 0 amide bonds. The molecule has 1 aromatic rings. The highest BCUT2D eigenvalue weighted by Gasteiger charge is 2.34. The predicted octanol–water partition coefficient (Wildman–Crippen LogP) is 6.72. The summed E-state index contributed by atoms with van der Waals surface area (Å²) in [5.41, 5.74) is -0.637. The van der Waals surface area contributed by atoms with Crippen molar-refractivity contribution in [2.75, 3.05) is 0 Å². The molecule has 6 heteroatoms. The molecule has 0 bridgehead atoms. The van der Waals surface area contributed by atoms with Crippen LogP contribution in [0.25, 0.3) is 0 Å². The molecule has 134 valence electrons. The van der Waals surface area contributed by atoms with Crippen molar-refractivity contribution < 1.29 is 26.3 Å². The molecule has 0 unspecified atom stereocenters. The lowest BCUT2D eigenvalue weighted by atomic mass is 9.78. The zero-order chi connectivity index (χ0) is 17.7. The predicted molar refractivity (Wildman–Crippen MR) is 80.5 cm³/mol. The lowest BCUT2D eigenvalue weighted by molar-refractivity contribution is -0.140. The Morgan fingerprint density at radius 1 is 1.08 bits per heavy atom. The normalized spacial score (nSPS) is 22.5. The Morgan fingerprint density at radius 3 is 2.29 bits per heavy atom. The van der Waals surface area contributed by atoms with Crippen LogP contribution in [0.2, 0.25) is 0 Å². The van der Waals surface area contributed by atoms with Crippen LogP contribution in [-0.2, 0) is 6.18 Å². The number of allylic oxidation sites excluding steroid dienone is 2. The Balaban J connectivity index is 1.89. The molecule has 0 spiro atoms. The summed E-state index contributed by atoms with van der Waals surface area (Å²) in [6.45, 7) is 0. The smallest absolute Gasteiger partial charge is 0.211 e. The molecule has 1 aliphatic carbocycles. The number of hydrogen-bond acceptors (Lipinski definition) is 0. The van der Waals surface area contributed by atoms with Crippen LogP contribution in [0.1, 0.15) is 55.6 Å². The minimum atomic E-state index is -4.68. The molecule has 0 N–H and O–H groups in total. The molecule has 1 saturated carbocycles. The number of rotatable bonds is 5. The van der Waals surface area contributed by atoms with Crippen LogP contribution in [0.4, 0.5) is 26.3 Å². The van der Waals surface area contributed by atoms with Crippen molar-refractivity contribution in [1.29, 1.82) is 0 Å². The van der Waals surface area contributed by atoms with Crippen LogP contribution < -0.4 is 0 Å². The molecule has 2 rings (SSSR count). The molecule has 0 radical (unpaired) electrons. The monoisotopic (exact) mass is 350 g/mol. The molecule has 1 fully saturated rings. The summed E-state index contributed by atoms with van der Waals surface area (Å²) < 4.78 is 75.5. The van der Waals surface area contributed by atoms with E-state index in [4.69, 9.17) is 0 Å². The van der Waals surface area contributed by atoms with Gasteiger partial charge in [0, 0.05) is 6.42 Å². The zero-order valence-corrected chi connectivity index (χ0v) is 13.1. The van der Waals surface area contributed by atoms with Crippen LogP contribution in [0.5, 0.6) is 0 Å². The average Bonchev–Trinajstić information content (AvgIpc) is 2.50.